The number of hydrogen-bond donors (Lipinski definition) is 1. The molecule has 1 aromatic carbocycles. The molecule has 0 spiro atoms. The minimum absolute atomic E-state index is 0.164. The number of nitrogens with one attached hydrogen (secondary N) is 1. The fraction of sp³-hybridized carbons (Fsp3) is 0.438. The molecule has 0 fully saturated rings. The molecule has 6 heteroatoms. The zero-order valence-electron chi connectivity index (χ0n) is 13.5. The number of aromatic nitrogens is 2. The van der Waals surface area contributed by atoms with Crippen molar-refractivity contribution in [2.24, 2.45) is 7.05 Å². The van der Waals surface area contributed by atoms with E-state index in [0.717, 1.165) is 24.2 Å². The van der Waals surface area contributed by atoms with Crippen molar-refractivity contribution in [1.29, 1.82) is 0 Å². The first kappa shape index (κ1) is 16.7. The van der Waals surface area contributed by atoms with Gasteiger partial charge < -0.3 is 5.32 Å². The van der Waals surface area contributed by atoms with E-state index in [1.54, 1.807) is 12.1 Å². The van der Waals surface area contributed by atoms with Crippen LogP contribution >= 0.6 is 0 Å². The number of sulfone groups is 1. The molecule has 0 saturated carbocycles. The topological polar surface area (TPSA) is 64.0 Å². The Labute approximate surface area is 132 Å². The average Bonchev–Trinajstić information content (AvgIpc) is 2.76. The van der Waals surface area contributed by atoms with Crippen LogP contribution in [0.25, 0.3) is 0 Å². The van der Waals surface area contributed by atoms with E-state index in [1.165, 1.54) is 11.8 Å². The number of benzene rings is 1. The summed E-state index contributed by atoms with van der Waals surface area (Å²) < 4.78 is 24.7. The third-order valence-corrected chi connectivity index (χ3v) is 4.86. The maximum Gasteiger partial charge on any atom is 0.175 e. The lowest BCUT2D eigenvalue weighted by atomic mass is 10.1. The molecule has 1 heterocycles. The van der Waals surface area contributed by atoms with Gasteiger partial charge in [0.1, 0.15) is 0 Å². The second-order valence-electron chi connectivity index (χ2n) is 5.70. The Balaban J connectivity index is 1.92. The second kappa shape index (κ2) is 6.62. The molecule has 0 amide bonds. The molecule has 2 rings (SSSR count). The molecule has 5 nitrogen and oxygen atoms in total. The SMILES string of the molecule is Cc1cn(C)nc1CCNC(C)c1ccc(S(C)(=O)=O)cc1. The summed E-state index contributed by atoms with van der Waals surface area (Å²) in [5.74, 6) is 0. The van der Waals surface area contributed by atoms with Crippen LogP contribution < -0.4 is 5.32 Å². The normalized spacial score (nSPS) is 13.3. The first-order chi connectivity index (χ1) is 10.3. The lowest BCUT2D eigenvalue weighted by molar-refractivity contribution is 0.570. The Kier molecular flexibility index (Phi) is 5.03. The third kappa shape index (κ3) is 4.18. The van der Waals surface area contributed by atoms with Gasteiger partial charge in [0.15, 0.2) is 9.84 Å². The minimum atomic E-state index is -3.13. The quantitative estimate of drug-likeness (QED) is 0.884. The summed E-state index contributed by atoms with van der Waals surface area (Å²) in [5, 5.41) is 7.87. The van der Waals surface area contributed by atoms with Crippen LogP contribution in [0.5, 0.6) is 0 Å². The van der Waals surface area contributed by atoms with Crippen LogP contribution in [0, 0.1) is 6.92 Å². The van der Waals surface area contributed by atoms with Crippen molar-refractivity contribution < 1.29 is 8.42 Å². The highest BCUT2D eigenvalue weighted by Gasteiger charge is 2.10. The van der Waals surface area contributed by atoms with Crippen molar-refractivity contribution in [1.82, 2.24) is 15.1 Å². The van der Waals surface area contributed by atoms with Crippen LogP contribution in [0.1, 0.15) is 29.8 Å². The smallest absolute Gasteiger partial charge is 0.175 e. The highest BCUT2D eigenvalue weighted by atomic mass is 32.2. The molecule has 22 heavy (non-hydrogen) atoms. The fourth-order valence-electron chi connectivity index (χ4n) is 2.43. The van der Waals surface area contributed by atoms with Gasteiger partial charge in [-0.25, -0.2) is 8.42 Å². The van der Waals surface area contributed by atoms with Crippen molar-refractivity contribution in [3.05, 3.63) is 47.3 Å². The maximum atomic E-state index is 11.5. The van der Waals surface area contributed by atoms with E-state index < -0.39 is 9.84 Å². The molecule has 2 aromatic rings. The summed E-state index contributed by atoms with van der Waals surface area (Å²) in [5.41, 5.74) is 3.38. The summed E-state index contributed by atoms with van der Waals surface area (Å²) in [6, 6.07) is 7.20. The van der Waals surface area contributed by atoms with Crippen molar-refractivity contribution in [3.63, 3.8) is 0 Å². The Morgan fingerprint density at radius 2 is 1.91 bits per heavy atom. The van der Waals surface area contributed by atoms with E-state index in [2.05, 4.69) is 24.3 Å². The second-order valence-corrected chi connectivity index (χ2v) is 7.72. The van der Waals surface area contributed by atoms with Crippen molar-refractivity contribution in [2.75, 3.05) is 12.8 Å². The van der Waals surface area contributed by atoms with Crippen LogP contribution in [0.3, 0.4) is 0 Å². The summed E-state index contributed by atoms with van der Waals surface area (Å²) in [4.78, 5) is 0.354. The van der Waals surface area contributed by atoms with Crippen molar-refractivity contribution >= 4 is 9.84 Å². The molecular weight excluding hydrogens is 298 g/mol. The van der Waals surface area contributed by atoms with Gasteiger partial charge in [0.2, 0.25) is 0 Å². The summed E-state index contributed by atoms with van der Waals surface area (Å²) >= 11 is 0. The number of hydrogen-bond acceptors (Lipinski definition) is 4. The predicted molar refractivity (Wildman–Crippen MR) is 87.6 cm³/mol. The van der Waals surface area contributed by atoms with E-state index in [4.69, 9.17) is 0 Å². The first-order valence-corrected chi connectivity index (χ1v) is 9.19. The van der Waals surface area contributed by atoms with Gasteiger partial charge in [-0.3, -0.25) is 4.68 Å². The zero-order chi connectivity index (χ0) is 16.3. The molecule has 1 atom stereocenters. The molecule has 120 valence electrons. The van der Waals surface area contributed by atoms with Gasteiger partial charge in [0.25, 0.3) is 0 Å². The largest absolute Gasteiger partial charge is 0.310 e. The molecule has 1 aromatic heterocycles. The Morgan fingerprint density at radius 3 is 2.41 bits per heavy atom. The van der Waals surface area contributed by atoms with Gasteiger partial charge in [-0.2, -0.15) is 5.10 Å². The lowest BCUT2D eigenvalue weighted by Gasteiger charge is -2.14. The fourth-order valence-corrected chi connectivity index (χ4v) is 3.06. The van der Waals surface area contributed by atoms with Crippen LogP contribution in [-0.4, -0.2) is 31.0 Å². The monoisotopic (exact) mass is 321 g/mol. The minimum Gasteiger partial charge on any atom is -0.310 e. The molecule has 0 aliphatic rings. The standard InChI is InChI=1S/C16H23N3O2S/c1-12-11-19(3)18-16(12)9-10-17-13(2)14-5-7-15(8-6-14)22(4,20)21/h5-8,11,13,17H,9-10H2,1-4H3. The van der Waals surface area contributed by atoms with Gasteiger partial charge in [-0.05, 0) is 37.1 Å². The van der Waals surface area contributed by atoms with Gasteiger partial charge in [0, 0.05) is 38.5 Å². The third-order valence-electron chi connectivity index (χ3n) is 3.73. The molecule has 0 aliphatic heterocycles. The highest BCUT2D eigenvalue weighted by Crippen LogP contribution is 2.16. The molecule has 0 aliphatic carbocycles. The molecule has 0 saturated heterocycles. The molecule has 0 bridgehead atoms. The van der Waals surface area contributed by atoms with E-state index in [-0.39, 0.29) is 6.04 Å². The van der Waals surface area contributed by atoms with E-state index in [9.17, 15) is 8.42 Å². The van der Waals surface area contributed by atoms with Crippen LogP contribution in [0.4, 0.5) is 0 Å². The van der Waals surface area contributed by atoms with E-state index >= 15 is 0 Å². The van der Waals surface area contributed by atoms with Gasteiger partial charge in [0.05, 0.1) is 10.6 Å². The first-order valence-electron chi connectivity index (χ1n) is 7.30. The predicted octanol–water partition coefficient (Wildman–Crippen LogP) is 2.03. The molecule has 0 radical (unpaired) electrons. The summed E-state index contributed by atoms with van der Waals surface area (Å²) in [7, 11) is -1.21. The maximum absolute atomic E-state index is 11.5. The van der Waals surface area contributed by atoms with Crippen LogP contribution in [0.15, 0.2) is 35.4 Å². The summed E-state index contributed by atoms with van der Waals surface area (Å²) in [6.45, 7) is 4.96. The van der Waals surface area contributed by atoms with Crippen LogP contribution in [0.2, 0.25) is 0 Å². The Bertz CT molecular complexity index is 733. The van der Waals surface area contributed by atoms with E-state index in [0.29, 0.717) is 4.90 Å². The van der Waals surface area contributed by atoms with Gasteiger partial charge in [-0.1, -0.05) is 12.1 Å². The number of rotatable bonds is 6. The van der Waals surface area contributed by atoms with Crippen molar-refractivity contribution in [3.8, 4) is 0 Å². The van der Waals surface area contributed by atoms with Crippen molar-refractivity contribution in [2.45, 2.75) is 31.2 Å². The number of nitrogens with zero attached hydrogens (tertiary/aromatic N) is 2. The van der Waals surface area contributed by atoms with E-state index in [1.807, 2.05) is 30.1 Å². The molecular formula is C16H23N3O2S. The molecule has 1 N–H and O–H groups in total. The summed E-state index contributed by atoms with van der Waals surface area (Å²) in [6.07, 6.45) is 4.11. The lowest BCUT2D eigenvalue weighted by Crippen LogP contribution is -2.21. The highest BCUT2D eigenvalue weighted by molar-refractivity contribution is 7.90. The Morgan fingerprint density at radius 1 is 1.27 bits per heavy atom. The number of aryl methyl sites for hydroxylation is 2. The van der Waals surface area contributed by atoms with Gasteiger partial charge in [-0.15, -0.1) is 0 Å². The molecule has 1 unspecified atom stereocenters. The Hall–Kier alpha value is -1.66. The van der Waals surface area contributed by atoms with Crippen LogP contribution in [-0.2, 0) is 23.3 Å². The van der Waals surface area contributed by atoms with Gasteiger partial charge >= 0.3 is 0 Å². The average molecular weight is 321 g/mol. The zero-order valence-corrected chi connectivity index (χ0v) is 14.3.